The van der Waals surface area contributed by atoms with Gasteiger partial charge >= 0.3 is 0 Å². The molecule has 0 saturated carbocycles. The maximum absolute atomic E-state index is 12.9. The van der Waals surface area contributed by atoms with Crippen molar-refractivity contribution in [1.29, 1.82) is 0 Å². The van der Waals surface area contributed by atoms with Gasteiger partial charge in [-0.15, -0.1) is 0 Å². The minimum absolute atomic E-state index is 0.309. The molecule has 1 heterocycles. The van der Waals surface area contributed by atoms with Crippen molar-refractivity contribution in [3.8, 4) is 5.75 Å². The van der Waals surface area contributed by atoms with Crippen LogP contribution in [-0.4, -0.2) is 46.0 Å². The van der Waals surface area contributed by atoms with Gasteiger partial charge in [0.25, 0.3) is 0 Å². The molecule has 1 fully saturated rings. The van der Waals surface area contributed by atoms with Gasteiger partial charge in [-0.2, -0.15) is 4.31 Å². The normalized spacial score (nSPS) is 15.9. The first-order valence-electron chi connectivity index (χ1n) is 8.49. The molecule has 0 amide bonds. The number of sulfonamides is 1. The van der Waals surface area contributed by atoms with E-state index in [9.17, 15) is 8.42 Å². The van der Waals surface area contributed by atoms with Crippen molar-refractivity contribution in [1.82, 2.24) is 4.31 Å². The highest BCUT2D eigenvalue weighted by molar-refractivity contribution is 7.89. The minimum Gasteiger partial charge on any atom is -0.496 e. The lowest BCUT2D eigenvalue weighted by Crippen LogP contribution is -2.48. The predicted octanol–water partition coefficient (Wildman–Crippen LogP) is 3.48. The Bertz CT molecular complexity index is 907. The highest BCUT2D eigenvalue weighted by atomic mass is 35.5. The number of anilines is 1. The zero-order chi connectivity index (χ0) is 18.9. The van der Waals surface area contributed by atoms with Crippen molar-refractivity contribution >= 4 is 27.3 Å². The van der Waals surface area contributed by atoms with Gasteiger partial charge in [0, 0.05) is 36.9 Å². The summed E-state index contributed by atoms with van der Waals surface area (Å²) in [6, 6.07) is 10.8. The zero-order valence-electron chi connectivity index (χ0n) is 15.2. The van der Waals surface area contributed by atoms with Crippen molar-refractivity contribution in [2.75, 3.05) is 38.2 Å². The largest absolute Gasteiger partial charge is 0.496 e. The molecule has 0 aromatic heterocycles. The molecule has 0 spiro atoms. The molecule has 26 heavy (non-hydrogen) atoms. The number of ether oxygens (including phenoxy) is 1. The van der Waals surface area contributed by atoms with E-state index in [1.165, 1.54) is 0 Å². The van der Waals surface area contributed by atoms with Crippen LogP contribution in [0.1, 0.15) is 11.1 Å². The molecule has 2 aromatic rings. The van der Waals surface area contributed by atoms with Crippen LogP contribution in [-0.2, 0) is 10.0 Å². The SMILES string of the molecule is COc1ccc(S(=O)(=O)N2CCN(c3cccc(Cl)c3C)CC2)cc1C. The molecular formula is C19H23ClN2O3S. The smallest absolute Gasteiger partial charge is 0.243 e. The van der Waals surface area contributed by atoms with Gasteiger partial charge in [0.15, 0.2) is 0 Å². The van der Waals surface area contributed by atoms with Gasteiger partial charge in [0.2, 0.25) is 10.0 Å². The van der Waals surface area contributed by atoms with Gasteiger partial charge in [-0.25, -0.2) is 8.42 Å². The monoisotopic (exact) mass is 394 g/mol. The van der Waals surface area contributed by atoms with E-state index in [0.29, 0.717) is 36.8 Å². The Labute approximate surface area is 160 Å². The number of benzene rings is 2. The summed E-state index contributed by atoms with van der Waals surface area (Å²) in [6.07, 6.45) is 0. The van der Waals surface area contributed by atoms with Gasteiger partial charge < -0.3 is 9.64 Å². The van der Waals surface area contributed by atoms with Gasteiger partial charge in [0.05, 0.1) is 12.0 Å². The number of piperazine rings is 1. The fourth-order valence-corrected chi connectivity index (χ4v) is 4.95. The fraction of sp³-hybridized carbons (Fsp3) is 0.368. The summed E-state index contributed by atoms with van der Waals surface area (Å²) in [6.45, 7) is 5.99. The Morgan fingerprint density at radius 3 is 2.35 bits per heavy atom. The van der Waals surface area contributed by atoms with Crippen LogP contribution in [0.5, 0.6) is 5.75 Å². The molecule has 5 nitrogen and oxygen atoms in total. The first-order chi connectivity index (χ1) is 12.3. The molecule has 140 valence electrons. The molecular weight excluding hydrogens is 372 g/mol. The van der Waals surface area contributed by atoms with Crippen molar-refractivity contribution in [3.63, 3.8) is 0 Å². The van der Waals surface area contributed by atoms with E-state index in [0.717, 1.165) is 21.8 Å². The Hall–Kier alpha value is -1.76. The van der Waals surface area contributed by atoms with Crippen molar-refractivity contribution in [2.45, 2.75) is 18.7 Å². The zero-order valence-corrected chi connectivity index (χ0v) is 16.8. The van der Waals surface area contributed by atoms with Crippen LogP contribution in [0.2, 0.25) is 5.02 Å². The number of halogens is 1. The summed E-state index contributed by atoms with van der Waals surface area (Å²) in [4.78, 5) is 2.50. The second kappa shape index (κ2) is 7.47. The Morgan fingerprint density at radius 1 is 1.04 bits per heavy atom. The molecule has 0 bridgehead atoms. The third kappa shape index (κ3) is 3.54. The Morgan fingerprint density at radius 2 is 1.73 bits per heavy atom. The van der Waals surface area contributed by atoms with Crippen LogP contribution in [0.25, 0.3) is 0 Å². The number of aryl methyl sites for hydroxylation is 1. The molecule has 1 aliphatic heterocycles. The highest BCUT2D eigenvalue weighted by Crippen LogP contribution is 2.29. The van der Waals surface area contributed by atoms with E-state index < -0.39 is 10.0 Å². The average Bonchev–Trinajstić information content (AvgIpc) is 2.64. The van der Waals surface area contributed by atoms with E-state index in [2.05, 4.69) is 4.90 Å². The number of hydrogen-bond acceptors (Lipinski definition) is 4. The van der Waals surface area contributed by atoms with Crippen LogP contribution in [0.15, 0.2) is 41.3 Å². The predicted molar refractivity (Wildman–Crippen MR) is 105 cm³/mol. The minimum atomic E-state index is -3.51. The average molecular weight is 395 g/mol. The van der Waals surface area contributed by atoms with Crippen LogP contribution < -0.4 is 9.64 Å². The van der Waals surface area contributed by atoms with E-state index in [-0.39, 0.29) is 0 Å². The highest BCUT2D eigenvalue weighted by Gasteiger charge is 2.29. The summed E-state index contributed by atoms with van der Waals surface area (Å²) in [7, 11) is -1.93. The van der Waals surface area contributed by atoms with Crippen molar-refractivity contribution in [2.24, 2.45) is 0 Å². The van der Waals surface area contributed by atoms with E-state index in [1.54, 1.807) is 29.6 Å². The molecule has 2 aromatic carbocycles. The van der Waals surface area contributed by atoms with E-state index in [4.69, 9.17) is 16.3 Å². The molecule has 0 aliphatic carbocycles. The quantitative estimate of drug-likeness (QED) is 0.796. The number of rotatable bonds is 4. The number of methoxy groups -OCH3 is 1. The molecule has 0 radical (unpaired) electrons. The summed E-state index contributed by atoms with van der Waals surface area (Å²) in [5.74, 6) is 0.685. The lowest BCUT2D eigenvalue weighted by Gasteiger charge is -2.36. The lowest BCUT2D eigenvalue weighted by molar-refractivity contribution is 0.384. The second-order valence-electron chi connectivity index (χ2n) is 6.41. The summed E-state index contributed by atoms with van der Waals surface area (Å²) < 4.78 is 32.7. The molecule has 0 atom stereocenters. The van der Waals surface area contributed by atoms with Crippen LogP contribution >= 0.6 is 11.6 Å². The molecule has 3 rings (SSSR count). The first kappa shape index (κ1) is 19.0. The van der Waals surface area contributed by atoms with Gasteiger partial charge in [0.1, 0.15) is 5.75 Å². The maximum Gasteiger partial charge on any atom is 0.243 e. The summed E-state index contributed by atoms with van der Waals surface area (Å²) in [5, 5.41) is 0.728. The van der Waals surface area contributed by atoms with E-state index in [1.807, 2.05) is 32.0 Å². The third-order valence-electron chi connectivity index (χ3n) is 4.82. The standard InChI is InChI=1S/C19H23ClN2O3S/c1-14-13-16(7-8-19(14)25-3)26(23,24)22-11-9-21(10-12-22)18-6-4-5-17(20)15(18)2/h4-8,13H,9-12H2,1-3H3. The van der Waals surface area contributed by atoms with Crippen molar-refractivity contribution in [3.05, 3.63) is 52.5 Å². The molecule has 0 unspecified atom stereocenters. The van der Waals surface area contributed by atoms with Crippen LogP contribution in [0, 0.1) is 13.8 Å². The molecule has 1 saturated heterocycles. The second-order valence-corrected chi connectivity index (χ2v) is 8.75. The number of nitrogens with zero attached hydrogens (tertiary/aromatic N) is 2. The molecule has 1 aliphatic rings. The summed E-state index contributed by atoms with van der Waals surface area (Å²) in [5.41, 5.74) is 2.90. The number of hydrogen-bond donors (Lipinski definition) is 0. The Balaban J connectivity index is 1.76. The first-order valence-corrected chi connectivity index (χ1v) is 10.3. The Kier molecular flexibility index (Phi) is 5.46. The molecule has 7 heteroatoms. The van der Waals surface area contributed by atoms with Crippen molar-refractivity contribution < 1.29 is 13.2 Å². The summed E-state index contributed by atoms with van der Waals surface area (Å²) >= 11 is 6.21. The van der Waals surface area contributed by atoms with E-state index >= 15 is 0 Å². The van der Waals surface area contributed by atoms with Gasteiger partial charge in [-0.1, -0.05) is 17.7 Å². The van der Waals surface area contributed by atoms with Crippen LogP contribution in [0.4, 0.5) is 5.69 Å². The topological polar surface area (TPSA) is 49.9 Å². The molecule has 0 N–H and O–H groups in total. The van der Waals surface area contributed by atoms with Gasteiger partial charge in [-0.05, 0) is 55.3 Å². The van der Waals surface area contributed by atoms with Gasteiger partial charge in [-0.3, -0.25) is 0 Å². The van der Waals surface area contributed by atoms with Crippen LogP contribution in [0.3, 0.4) is 0 Å². The third-order valence-corrected chi connectivity index (χ3v) is 7.13. The lowest BCUT2D eigenvalue weighted by atomic mass is 10.1. The fourth-order valence-electron chi connectivity index (χ4n) is 3.27. The maximum atomic E-state index is 12.9.